The van der Waals surface area contributed by atoms with Crippen LogP contribution in [0.5, 0.6) is 0 Å². The standard InChI is InChI=1S/C16H22ClNO2/c1-2-20-15-4-3-10-18(12-15)11-9-16(19)13-5-7-14(17)8-6-13/h5-8,15H,2-4,9-12H2,1H3. The first-order valence-corrected chi connectivity index (χ1v) is 7.69. The van der Waals surface area contributed by atoms with Crippen LogP contribution in [0.1, 0.15) is 36.5 Å². The highest BCUT2D eigenvalue weighted by atomic mass is 35.5. The predicted octanol–water partition coefficient (Wildman–Crippen LogP) is 3.41. The first kappa shape index (κ1) is 15.5. The summed E-state index contributed by atoms with van der Waals surface area (Å²) in [5, 5.41) is 0.664. The average Bonchev–Trinajstić information content (AvgIpc) is 2.46. The highest BCUT2D eigenvalue weighted by molar-refractivity contribution is 6.30. The number of hydrogen-bond donors (Lipinski definition) is 0. The summed E-state index contributed by atoms with van der Waals surface area (Å²) in [6, 6.07) is 7.12. The number of rotatable bonds is 6. The number of halogens is 1. The summed E-state index contributed by atoms with van der Waals surface area (Å²) >= 11 is 5.83. The Hall–Kier alpha value is -0.900. The fourth-order valence-corrected chi connectivity index (χ4v) is 2.75. The van der Waals surface area contributed by atoms with Crippen molar-refractivity contribution in [2.45, 2.75) is 32.3 Å². The molecule has 0 bridgehead atoms. The molecule has 1 aliphatic heterocycles. The molecular formula is C16H22ClNO2. The third-order valence-corrected chi connectivity index (χ3v) is 3.94. The van der Waals surface area contributed by atoms with Crippen LogP contribution >= 0.6 is 11.6 Å². The third kappa shape index (κ3) is 4.58. The second-order valence-corrected chi connectivity index (χ2v) is 5.64. The van der Waals surface area contributed by atoms with Crippen LogP contribution in [0.15, 0.2) is 24.3 Å². The van der Waals surface area contributed by atoms with E-state index in [1.165, 1.54) is 0 Å². The third-order valence-electron chi connectivity index (χ3n) is 3.69. The summed E-state index contributed by atoms with van der Waals surface area (Å²) in [5.74, 6) is 0.181. The Bertz CT molecular complexity index is 431. The second-order valence-electron chi connectivity index (χ2n) is 5.20. The Morgan fingerprint density at radius 3 is 2.85 bits per heavy atom. The number of Topliss-reactive ketones (excluding diaryl/α,β-unsaturated/α-hetero) is 1. The van der Waals surface area contributed by atoms with Gasteiger partial charge < -0.3 is 9.64 Å². The summed E-state index contributed by atoms with van der Waals surface area (Å²) in [6.07, 6.45) is 3.18. The molecule has 0 spiro atoms. The summed E-state index contributed by atoms with van der Waals surface area (Å²) < 4.78 is 5.68. The van der Waals surface area contributed by atoms with Crippen LogP contribution in [0.2, 0.25) is 5.02 Å². The monoisotopic (exact) mass is 295 g/mol. The molecule has 1 aromatic carbocycles. The van der Waals surface area contributed by atoms with Crippen LogP contribution in [-0.4, -0.2) is 43.0 Å². The molecule has 0 aliphatic carbocycles. The van der Waals surface area contributed by atoms with Crippen molar-refractivity contribution in [3.05, 3.63) is 34.9 Å². The molecule has 1 atom stereocenters. The molecule has 1 unspecified atom stereocenters. The van der Waals surface area contributed by atoms with E-state index in [-0.39, 0.29) is 5.78 Å². The number of likely N-dealkylation sites (tertiary alicyclic amines) is 1. The smallest absolute Gasteiger partial charge is 0.164 e. The highest BCUT2D eigenvalue weighted by Gasteiger charge is 2.20. The molecule has 1 heterocycles. The van der Waals surface area contributed by atoms with Crippen LogP contribution < -0.4 is 0 Å². The van der Waals surface area contributed by atoms with E-state index < -0.39 is 0 Å². The van der Waals surface area contributed by atoms with Crippen LogP contribution in [0.25, 0.3) is 0 Å². The maximum Gasteiger partial charge on any atom is 0.164 e. The molecule has 0 amide bonds. The molecule has 1 aliphatic rings. The Morgan fingerprint density at radius 2 is 2.15 bits per heavy atom. The highest BCUT2D eigenvalue weighted by Crippen LogP contribution is 2.15. The van der Waals surface area contributed by atoms with E-state index in [0.717, 1.165) is 44.6 Å². The molecule has 0 N–H and O–H groups in total. The maximum atomic E-state index is 12.1. The molecule has 4 heteroatoms. The molecule has 1 aromatic rings. The van der Waals surface area contributed by atoms with Gasteiger partial charge in [-0.1, -0.05) is 11.6 Å². The lowest BCUT2D eigenvalue weighted by atomic mass is 10.1. The molecule has 0 saturated carbocycles. The zero-order valence-corrected chi connectivity index (χ0v) is 12.7. The minimum atomic E-state index is 0.181. The number of piperidine rings is 1. The summed E-state index contributed by atoms with van der Waals surface area (Å²) in [6.45, 7) is 5.62. The number of carbonyl (C=O) groups is 1. The Kier molecular flexibility index (Phi) is 6.02. The van der Waals surface area contributed by atoms with Crippen molar-refractivity contribution in [2.24, 2.45) is 0 Å². The van der Waals surface area contributed by atoms with Gasteiger partial charge in [-0.2, -0.15) is 0 Å². The van der Waals surface area contributed by atoms with E-state index in [1.54, 1.807) is 24.3 Å². The number of benzene rings is 1. The van der Waals surface area contributed by atoms with Crippen LogP contribution in [0, 0.1) is 0 Å². The first-order valence-electron chi connectivity index (χ1n) is 7.31. The van der Waals surface area contributed by atoms with Gasteiger partial charge in [-0.25, -0.2) is 0 Å². The molecule has 20 heavy (non-hydrogen) atoms. The minimum Gasteiger partial charge on any atom is -0.377 e. The lowest BCUT2D eigenvalue weighted by molar-refractivity contribution is 0.00589. The lowest BCUT2D eigenvalue weighted by Gasteiger charge is -2.32. The maximum absolute atomic E-state index is 12.1. The van der Waals surface area contributed by atoms with Gasteiger partial charge in [0, 0.05) is 36.7 Å². The number of hydrogen-bond acceptors (Lipinski definition) is 3. The zero-order chi connectivity index (χ0) is 14.4. The van der Waals surface area contributed by atoms with Crippen molar-refractivity contribution in [3.63, 3.8) is 0 Å². The van der Waals surface area contributed by atoms with Gasteiger partial charge in [-0.05, 0) is 50.6 Å². The molecule has 0 aromatic heterocycles. The van der Waals surface area contributed by atoms with Gasteiger partial charge in [0.05, 0.1) is 6.10 Å². The molecule has 0 radical (unpaired) electrons. The Morgan fingerprint density at radius 1 is 1.40 bits per heavy atom. The largest absolute Gasteiger partial charge is 0.377 e. The average molecular weight is 296 g/mol. The number of ether oxygens (including phenoxy) is 1. The zero-order valence-electron chi connectivity index (χ0n) is 12.0. The number of nitrogens with zero attached hydrogens (tertiary/aromatic N) is 1. The first-order chi connectivity index (χ1) is 9.69. The van der Waals surface area contributed by atoms with Crippen molar-refractivity contribution < 1.29 is 9.53 Å². The summed E-state index contributed by atoms with van der Waals surface area (Å²) in [4.78, 5) is 14.4. The van der Waals surface area contributed by atoms with Crippen LogP contribution in [-0.2, 0) is 4.74 Å². The van der Waals surface area contributed by atoms with Gasteiger partial charge in [0.15, 0.2) is 5.78 Å². The van der Waals surface area contributed by atoms with E-state index in [1.807, 2.05) is 6.92 Å². The van der Waals surface area contributed by atoms with Crippen molar-refractivity contribution in [1.82, 2.24) is 4.90 Å². The van der Waals surface area contributed by atoms with E-state index in [9.17, 15) is 4.79 Å². The normalized spacial score (nSPS) is 20.0. The van der Waals surface area contributed by atoms with Crippen molar-refractivity contribution in [1.29, 1.82) is 0 Å². The molecular weight excluding hydrogens is 274 g/mol. The Labute approximate surface area is 125 Å². The van der Waals surface area contributed by atoms with Gasteiger partial charge in [0.1, 0.15) is 0 Å². The van der Waals surface area contributed by atoms with Crippen molar-refractivity contribution in [2.75, 3.05) is 26.2 Å². The van der Waals surface area contributed by atoms with Crippen LogP contribution in [0.3, 0.4) is 0 Å². The van der Waals surface area contributed by atoms with Crippen molar-refractivity contribution in [3.8, 4) is 0 Å². The number of carbonyl (C=O) groups excluding carboxylic acids is 1. The Balaban J connectivity index is 1.79. The molecule has 110 valence electrons. The van der Waals surface area contributed by atoms with E-state index in [4.69, 9.17) is 16.3 Å². The lowest BCUT2D eigenvalue weighted by Crippen LogP contribution is -2.40. The van der Waals surface area contributed by atoms with Gasteiger partial charge >= 0.3 is 0 Å². The molecule has 1 fully saturated rings. The minimum absolute atomic E-state index is 0.181. The SMILES string of the molecule is CCOC1CCCN(CCC(=O)c2ccc(Cl)cc2)C1. The van der Waals surface area contributed by atoms with E-state index in [0.29, 0.717) is 17.5 Å². The fourth-order valence-electron chi connectivity index (χ4n) is 2.63. The quantitative estimate of drug-likeness (QED) is 0.753. The van der Waals surface area contributed by atoms with Crippen molar-refractivity contribution >= 4 is 17.4 Å². The van der Waals surface area contributed by atoms with Gasteiger partial charge in [-0.3, -0.25) is 4.79 Å². The van der Waals surface area contributed by atoms with Crippen LogP contribution in [0.4, 0.5) is 0 Å². The molecule has 1 saturated heterocycles. The van der Waals surface area contributed by atoms with Gasteiger partial charge in [-0.15, -0.1) is 0 Å². The topological polar surface area (TPSA) is 29.5 Å². The summed E-state index contributed by atoms with van der Waals surface area (Å²) in [5.41, 5.74) is 0.743. The van der Waals surface area contributed by atoms with E-state index in [2.05, 4.69) is 4.90 Å². The molecule has 2 rings (SSSR count). The fraction of sp³-hybridized carbons (Fsp3) is 0.562. The number of ketones is 1. The predicted molar refractivity (Wildman–Crippen MR) is 81.5 cm³/mol. The van der Waals surface area contributed by atoms with Gasteiger partial charge in [0.25, 0.3) is 0 Å². The van der Waals surface area contributed by atoms with Gasteiger partial charge in [0.2, 0.25) is 0 Å². The van der Waals surface area contributed by atoms with E-state index >= 15 is 0 Å². The molecule has 3 nitrogen and oxygen atoms in total. The second kappa shape index (κ2) is 7.77. The summed E-state index contributed by atoms with van der Waals surface area (Å²) in [7, 11) is 0.